The first-order chi connectivity index (χ1) is 9.92. The van der Waals surface area contributed by atoms with Crippen LogP contribution in [0.25, 0.3) is 0 Å². The van der Waals surface area contributed by atoms with E-state index in [1.807, 2.05) is 19.4 Å². The van der Waals surface area contributed by atoms with E-state index in [1.165, 1.54) is 11.3 Å². The van der Waals surface area contributed by atoms with Crippen LogP contribution >= 0.6 is 27.3 Å². The number of thiazole rings is 1. The van der Waals surface area contributed by atoms with Crippen LogP contribution < -0.4 is 10.0 Å². The summed E-state index contributed by atoms with van der Waals surface area (Å²) in [4.78, 5) is 4.47. The molecule has 0 bridgehead atoms. The fraction of sp³-hybridized carbons (Fsp3) is 0.308. The Morgan fingerprint density at radius 1 is 1.33 bits per heavy atom. The Kier molecular flexibility index (Phi) is 5.50. The van der Waals surface area contributed by atoms with Gasteiger partial charge < -0.3 is 5.32 Å². The van der Waals surface area contributed by atoms with E-state index in [-0.39, 0.29) is 11.4 Å². The molecule has 2 aromatic rings. The topological polar surface area (TPSA) is 71.1 Å². The molecule has 0 unspecified atom stereocenters. The first-order valence-electron chi connectivity index (χ1n) is 6.26. The molecule has 8 heteroatoms. The average Bonchev–Trinajstić information content (AvgIpc) is 2.83. The highest BCUT2D eigenvalue weighted by Gasteiger charge is 2.18. The van der Waals surface area contributed by atoms with Gasteiger partial charge in [-0.2, -0.15) is 0 Å². The van der Waals surface area contributed by atoms with Crippen molar-refractivity contribution >= 4 is 37.3 Å². The van der Waals surface area contributed by atoms with Gasteiger partial charge in [0.1, 0.15) is 5.01 Å². The minimum Gasteiger partial charge on any atom is -0.316 e. The number of aromatic nitrogens is 1. The number of hydrogen-bond acceptors (Lipinski definition) is 5. The summed E-state index contributed by atoms with van der Waals surface area (Å²) in [7, 11) is -1.72. The highest BCUT2D eigenvalue weighted by atomic mass is 79.9. The maximum atomic E-state index is 12.3. The lowest BCUT2D eigenvalue weighted by atomic mass is 10.2. The SMILES string of the molecule is CNCc1ccc(S(=O)(=O)NCc2nc(C)cs2)c(Br)c1. The molecule has 5 nitrogen and oxygen atoms in total. The Hall–Kier alpha value is -0.800. The highest BCUT2D eigenvalue weighted by molar-refractivity contribution is 9.10. The lowest BCUT2D eigenvalue weighted by Crippen LogP contribution is -2.23. The predicted octanol–water partition coefficient (Wildman–Crippen LogP) is 2.41. The Labute approximate surface area is 137 Å². The zero-order valence-electron chi connectivity index (χ0n) is 11.7. The smallest absolute Gasteiger partial charge is 0.242 e. The van der Waals surface area contributed by atoms with Gasteiger partial charge in [-0.3, -0.25) is 0 Å². The number of aryl methyl sites for hydroxylation is 1. The van der Waals surface area contributed by atoms with Gasteiger partial charge in [0.15, 0.2) is 0 Å². The van der Waals surface area contributed by atoms with Gasteiger partial charge in [0.05, 0.1) is 11.4 Å². The van der Waals surface area contributed by atoms with Gasteiger partial charge in [-0.25, -0.2) is 18.1 Å². The zero-order valence-corrected chi connectivity index (χ0v) is 14.9. The summed E-state index contributed by atoms with van der Waals surface area (Å²) in [5, 5.41) is 5.67. The molecule has 0 amide bonds. The maximum absolute atomic E-state index is 12.3. The van der Waals surface area contributed by atoms with Crippen LogP contribution in [0.2, 0.25) is 0 Å². The third kappa shape index (κ3) is 4.33. The highest BCUT2D eigenvalue weighted by Crippen LogP contribution is 2.23. The second-order valence-electron chi connectivity index (χ2n) is 4.50. The number of rotatable bonds is 6. The molecule has 0 aliphatic heterocycles. The summed E-state index contributed by atoms with van der Waals surface area (Å²) in [5.74, 6) is 0. The van der Waals surface area contributed by atoms with Crippen LogP contribution in [-0.2, 0) is 23.1 Å². The van der Waals surface area contributed by atoms with E-state index in [0.717, 1.165) is 16.3 Å². The summed E-state index contributed by atoms with van der Waals surface area (Å²) in [6, 6.07) is 5.20. The fourth-order valence-corrected chi connectivity index (χ4v) is 4.71. The summed E-state index contributed by atoms with van der Waals surface area (Å²) in [5.41, 5.74) is 1.91. The van der Waals surface area contributed by atoms with Crippen molar-refractivity contribution in [1.82, 2.24) is 15.0 Å². The lowest BCUT2D eigenvalue weighted by Gasteiger charge is -2.09. The van der Waals surface area contributed by atoms with E-state index in [1.54, 1.807) is 18.2 Å². The van der Waals surface area contributed by atoms with E-state index in [4.69, 9.17) is 0 Å². The second-order valence-corrected chi connectivity index (χ2v) is 8.03. The molecule has 2 rings (SSSR count). The molecule has 0 aliphatic rings. The molecule has 0 fully saturated rings. The normalized spacial score (nSPS) is 11.8. The first kappa shape index (κ1) is 16.6. The predicted molar refractivity (Wildman–Crippen MR) is 87.8 cm³/mol. The van der Waals surface area contributed by atoms with Crippen molar-refractivity contribution in [3.05, 3.63) is 44.3 Å². The van der Waals surface area contributed by atoms with Gasteiger partial charge >= 0.3 is 0 Å². The third-order valence-corrected chi connectivity index (χ3v) is 6.09. The molecule has 114 valence electrons. The third-order valence-electron chi connectivity index (χ3n) is 2.75. The van der Waals surface area contributed by atoms with Gasteiger partial charge in [-0.1, -0.05) is 6.07 Å². The van der Waals surface area contributed by atoms with Gasteiger partial charge in [0.2, 0.25) is 10.0 Å². The van der Waals surface area contributed by atoms with Crippen molar-refractivity contribution in [3.63, 3.8) is 0 Å². The minimum absolute atomic E-state index is 0.200. The largest absolute Gasteiger partial charge is 0.316 e. The molecule has 1 heterocycles. The van der Waals surface area contributed by atoms with Crippen molar-refractivity contribution in [2.75, 3.05) is 7.05 Å². The van der Waals surface area contributed by atoms with E-state index >= 15 is 0 Å². The van der Waals surface area contributed by atoms with E-state index < -0.39 is 10.0 Å². The second kappa shape index (κ2) is 6.97. The molecule has 0 atom stereocenters. The zero-order chi connectivity index (χ0) is 15.5. The molecule has 21 heavy (non-hydrogen) atoms. The summed E-state index contributed by atoms with van der Waals surface area (Å²) in [6.07, 6.45) is 0. The van der Waals surface area contributed by atoms with Crippen molar-refractivity contribution in [2.24, 2.45) is 0 Å². The summed E-state index contributed by atoms with van der Waals surface area (Å²) >= 11 is 4.76. The Morgan fingerprint density at radius 2 is 2.10 bits per heavy atom. The number of nitrogens with zero attached hydrogens (tertiary/aromatic N) is 1. The fourth-order valence-electron chi connectivity index (χ4n) is 1.79. The molecule has 0 spiro atoms. The van der Waals surface area contributed by atoms with Crippen LogP contribution in [0.15, 0.2) is 32.9 Å². The molecule has 2 N–H and O–H groups in total. The minimum atomic E-state index is -3.56. The lowest BCUT2D eigenvalue weighted by molar-refractivity contribution is 0.580. The molecule has 1 aromatic carbocycles. The van der Waals surface area contributed by atoms with Crippen molar-refractivity contribution < 1.29 is 8.42 Å². The van der Waals surface area contributed by atoms with E-state index in [2.05, 4.69) is 31.0 Å². The molecular weight excluding hydrogens is 374 g/mol. The van der Waals surface area contributed by atoms with Crippen LogP contribution in [-0.4, -0.2) is 20.4 Å². The van der Waals surface area contributed by atoms with E-state index in [0.29, 0.717) is 11.0 Å². The van der Waals surface area contributed by atoms with Gasteiger partial charge in [-0.15, -0.1) is 11.3 Å². The average molecular weight is 390 g/mol. The maximum Gasteiger partial charge on any atom is 0.242 e. The number of sulfonamides is 1. The van der Waals surface area contributed by atoms with Crippen molar-refractivity contribution in [3.8, 4) is 0 Å². The van der Waals surface area contributed by atoms with Crippen LogP contribution in [0, 0.1) is 6.92 Å². The standard InChI is InChI=1S/C13H16BrN3O2S2/c1-9-8-20-13(17-9)7-16-21(18,19)12-4-3-10(6-15-2)5-11(12)14/h3-5,8,15-16H,6-7H2,1-2H3. The number of benzene rings is 1. The molecule has 0 radical (unpaired) electrons. The van der Waals surface area contributed by atoms with Crippen LogP contribution in [0.3, 0.4) is 0 Å². The summed E-state index contributed by atoms with van der Waals surface area (Å²) < 4.78 is 27.8. The van der Waals surface area contributed by atoms with Crippen LogP contribution in [0.4, 0.5) is 0 Å². The van der Waals surface area contributed by atoms with Crippen molar-refractivity contribution in [1.29, 1.82) is 0 Å². The molecule has 1 aromatic heterocycles. The molecule has 0 aliphatic carbocycles. The van der Waals surface area contributed by atoms with Crippen LogP contribution in [0.5, 0.6) is 0 Å². The molecular formula is C13H16BrN3O2S2. The van der Waals surface area contributed by atoms with Gasteiger partial charge in [-0.05, 0) is 47.6 Å². The summed E-state index contributed by atoms with van der Waals surface area (Å²) in [6.45, 7) is 2.77. The molecule has 0 saturated heterocycles. The monoisotopic (exact) mass is 389 g/mol. The number of hydrogen-bond donors (Lipinski definition) is 2. The van der Waals surface area contributed by atoms with Gasteiger partial charge in [0.25, 0.3) is 0 Å². The quantitative estimate of drug-likeness (QED) is 0.795. The first-order valence-corrected chi connectivity index (χ1v) is 9.41. The Balaban J connectivity index is 2.15. The number of halogens is 1. The van der Waals surface area contributed by atoms with Crippen molar-refractivity contribution in [2.45, 2.75) is 24.9 Å². The van der Waals surface area contributed by atoms with Crippen LogP contribution in [0.1, 0.15) is 16.3 Å². The number of nitrogens with one attached hydrogen (secondary N) is 2. The Morgan fingerprint density at radius 3 is 2.67 bits per heavy atom. The van der Waals surface area contributed by atoms with Gasteiger partial charge in [0, 0.05) is 22.1 Å². The molecule has 0 saturated carbocycles. The Bertz CT molecular complexity index is 729. The van der Waals surface area contributed by atoms with E-state index in [9.17, 15) is 8.42 Å².